The van der Waals surface area contributed by atoms with Crippen LogP contribution in [0.25, 0.3) is 0 Å². The van der Waals surface area contributed by atoms with E-state index >= 15 is 0 Å². The maximum atomic E-state index is 10.9. The SMILES string of the molecule is C=CSC1=CN2C(=O)C[C@H]2C1. The molecule has 0 unspecified atom stereocenters. The van der Waals surface area contributed by atoms with Gasteiger partial charge < -0.3 is 4.90 Å². The molecular weight excluding hydrogens is 158 g/mol. The third kappa shape index (κ3) is 0.997. The zero-order chi connectivity index (χ0) is 7.84. The van der Waals surface area contributed by atoms with Gasteiger partial charge in [0.05, 0.1) is 0 Å². The van der Waals surface area contributed by atoms with E-state index in [0.29, 0.717) is 6.04 Å². The molecule has 1 amide bonds. The second-order valence-corrected chi connectivity index (χ2v) is 3.84. The minimum absolute atomic E-state index is 0.259. The van der Waals surface area contributed by atoms with E-state index in [1.807, 2.05) is 16.5 Å². The highest BCUT2D eigenvalue weighted by atomic mass is 32.2. The molecule has 11 heavy (non-hydrogen) atoms. The predicted octanol–water partition coefficient (Wildman–Crippen LogP) is 1.71. The summed E-state index contributed by atoms with van der Waals surface area (Å²) in [6.45, 7) is 3.63. The average Bonchev–Trinajstić information content (AvgIpc) is 2.29. The fourth-order valence-electron chi connectivity index (χ4n) is 1.47. The normalized spacial score (nSPS) is 27.6. The fourth-order valence-corrected chi connectivity index (χ4v) is 2.15. The van der Waals surface area contributed by atoms with Gasteiger partial charge >= 0.3 is 0 Å². The molecule has 0 radical (unpaired) electrons. The first-order chi connectivity index (χ1) is 5.31. The second kappa shape index (κ2) is 2.41. The number of fused-ring (bicyclic) bond motifs is 1. The molecule has 1 saturated heterocycles. The van der Waals surface area contributed by atoms with Crippen molar-refractivity contribution in [3.05, 3.63) is 23.1 Å². The van der Waals surface area contributed by atoms with Gasteiger partial charge in [0.2, 0.25) is 5.91 Å². The van der Waals surface area contributed by atoms with Gasteiger partial charge in [-0.1, -0.05) is 6.58 Å². The largest absolute Gasteiger partial charge is 0.314 e. The Morgan fingerprint density at radius 1 is 1.73 bits per heavy atom. The smallest absolute Gasteiger partial charge is 0.228 e. The standard InChI is InChI=1S/C8H9NOS/c1-2-11-7-3-6-4-8(10)9(6)5-7/h2,5-6H,1,3-4H2/t6-/m1/s1. The molecule has 0 aromatic heterocycles. The Labute approximate surface area is 69.9 Å². The Morgan fingerprint density at radius 3 is 3.09 bits per heavy atom. The van der Waals surface area contributed by atoms with Crippen LogP contribution in [-0.4, -0.2) is 16.8 Å². The van der Waals surface area contributed by atoms with Gasteiger partial charge in [0.15, 0.2) is 0 Å². The van der Waals surface area contributed by atoms with Gasteiger partial charge in [-0.15, -0.1) is 11.8 Å². The molecule has 0 bridgehead atoms. The lowest BCUT2D eigenvalue weighted by molar-refractivity contribution is -0.140. The van der Waals surface area contributed by atoms with Crippen molar-refractivity contribution in [2.75, 3.05) is 0 Å². The van der Waals surface area contributed by atoms with Crippen molar-refractivity contribution in [3.8, 4) is 0 Å². The molecule has 1 atom stereocenters. The van der Waals surface area contributed by atoms with Crippen LogP contribution in [0.4, 0.5) is 0 Å². The number of rotatable bonds is 2. The number of thioether (sulfide) groups is 1. The number of carbonyl (C=O) groups excluding carboxylic acids is 1. The minimum atomic E-state index is 0.259. The first-order valence-electron chi connectivity index (χ1n) is 3.60. The van der Waals surface area contributed by atoms with E-state index in [-0.39, 0.29) is 5.91 Å². The number of hydrogen-bond acceptors (Lipinski definition) is 2. The van der Waals surface area contributed by atoms with Crippen molar-refractivity contribution in [1.82, 2.24) is 4.90 Å². The molecular formula is C8H9NOS. The van der Waals surface area contributed by atoms with E-state index in [1.165, 1.54) is 4.91 Å². The van der Waals surface area contributed by atoms with Crippen molar-refractivity contribution in [2.45, 2.75) is 18.9 Å². The van der Waals surface area contributed by atoms with Gasteiger partial charge in [0.25, 0.3) is 0 Å². The lowest BCUT2D eigenvalue weighted by atomic mass is 10.0. The Morgan fingerprint density at radius 2 is 2.55 bits per heavy atom. The van der Waals surface area contributed by atoms with Gasteiger partial charge in [-0.25, -0.2) is 0 Å². The van der Waals surface area contributed by atoms with E-state index < -0.39 is 0 Å². The quantitative estimate of drug-likeness (QED) is 0.583. The van der Waals surface area contributed by atoms with Crippen molar-refractivity contribution in [1.29, 1.82) is 0 Å². The maximum Gasteiger partial charge on any atom is 0.228 e. The minimum Gasteiger partial charge on any atom is -0.314 e. The molecule has 2 rings (SSSR count). The molecule has 0 spiro atoms. The lowest BCUT2D eigenvalue weighted by Crippen LogP contribution is -2.45. The van der Waals surface area contributed by atoms with Crippen molar-refractivity contribution < 1.29 is 4.79 Å². The number of β-lactam (4-membered cyclic amide) rings is 1. The Balaban J connectivity index is 2.06. The van der Waals surface area contributed by atoms with E-state index in [1.54, 1.807) is 11.8 Å². The van der Waals surface area contributed by atoms with Crippen molar-refractivity contribution in [3.63, 3.8) is 0 Å². The van der Waals surface area contributed by atoms with Gasteiger partial charge in [-0.2, -0.15) is 0 Å². The van der Waals surface area contributed by atoms with Gasteiger partial charge in [-0.05, 0) is 5.41 Å². The third-order valence-corrected chi connectivity index (χ3v) is 2.79. The maximum absolute atomic E-state index is 10.9. The molecule has 0 aromatic rings. The summed E-state index contributed by atoms with van der Waals surface area (Å²) in [5.41, 5.74) is 0. The van der Waals surface area contributed by atoms with Crippen LogP contribution in [0.3, 0.4) is 0 Å². The molecule has 3 heteroatoms. The third-order valence-electron chi connectivity index (χ3n) is 2.05. The molecule has 1 fully saturated rings. The molecule has 0 N–H and O–H groups in total. The molecule has 0 saturated carbocycles. The molecule has 58 valence electrons. The van der Waals surface area contributed by atoms with E-state index in [4.69, 9.17) is 0 Å². The molecule has 2 nitrogen and oxygen atoms in total. The van der Waals surface area contributed by atoms with Gasteiger partial charge in [-0.3, -0.25) is 4.79 Å². The first kappa shape index (κ1) is 6.98. The molecule has 2 heterocycles. The fraction of sp³-hybridized carbons (Fsp3) is 0.375. The Kier molecular flexibility index (Phi) is 1.53. The van der Waals surface area contributed by atoms with Crippen LogP contribution >= 0.6 is 11.8 Å². The highest BCUT2D eigenvalue weighted by Gasteiger charge is 2.39. The van der Waals surface area contributed by atoms with E-state index in [2.05, 4.69) is 6.58 Å². The number of amides is 1. The van der Waals surface area contributed by atoms with Crippen LogP contribution in [0.15, 0.2) is 23.1 Å². The molecule has 2 aliphatic rings. The van der Waals surface area contributed by atoms with Crippen molar-refractivity contribution >= 4 is 17.7 Å². The average molecular weight is 167 g/mol. The van der Waals surface area contributed by atoms with Crippen molar-refractivity contribution in [2.24, 2.45) is 0 Å². The summed E-state index contributed by atoms with van der Waals surface area (Å²) in [7, 11) is 0. The summed E-state index contributed by atoms with van der Waals surface area (Å²) in [4.78, 5) is 14.0. The predicted molar refractivity (Wildman–Crippen MR) is 45.7 cm³/mol. The first-order valence-corrected chi connectivity index (χ1v) is 4.48. The zero-order valence-corrected chi connectivity index (χ0v) is 6.93. The topological polar surface area (TPSA) is 20.3 Å². The number of hydrogen-bond donors (Lipinski definition) is 0. The Hall–Kier alpha value is -0.700. The summed E-state index contributed by atoms with van der Waals surface area (Å²) < 4.78 is 0. The number of nitrogens with zero attached hydrogens (tertiary/aromatic N) is 1. The van der Waals surface area contributed by atoms with Gasteiger partial charge in [0.1, 0.15) is 0 Å². The lowest BCUT2D eigenvalue weighted by Gasteiger charge is -2.32. The summed E-state index contributed by atoms with van der Waals surface area (Å²) in [6.07, 6.45) is 3.71. The van der Waals surface area contributed by atoms with Gasteiger partial charge in [0, 0.05) is 30.0 Å². The van der Waals surface area contributed by atoms with Crippen LogP contribution < -0.4 is 0 Å². The highest BCUT2D eigenvalue weighted by Crippen LogP contribution is 2.37. The zero-order valence-electron chi connectivity index (χ0n) is 6.12. The van der Waals surface area contributed by atoms with E-state index in [0.717, 1.165) is 12.8 Å². The summed E-state index contributed by atoms with van der Waals surface area (Å²) in [5, 5.41) is 1.81. The monoisotopic (exact) mass is 167 g/mol. The van der Waals surface area contributed by atoms with Crippen LogP contribution in [0.5, 0.6) is 0 Å². The van der Waals surface area contributed by atoms with E-state index in [9.17, 15) is 4.79 Å². The summed E-state index contributed by atoms with van der Waals surface area (Å²) in [5.74, 6) is 0.259. The number of carbonyl (C=O) groups is 1. The summed E-state index contributed by atoms with van der Waals surface area (Å²) >= 11 is 1.62. The van der Waals surface area contributed by atoms with Crippen LogP contribution in [-0.2, 0) is 4.79 Å². The Bertz CT molecular complexity index is 246. The second-order valence-electron chi connectivity index (χ2n) is 2.74. The van der Waals surface area contributed by atoms with Crippen LogP contribution in [0.2, 0.25) is 0 Å². The van der Waals surface area contributed by atoms with Crippen LogP contribution in [0, 0.1) is 0 Å². The van der Waals surface area contributed by atoms with Crippen LogP contribution in [0.1, 0.15) is 12.8 Å². The molecule has 0 aliphatic carbocycles. The molecule has 2 aliphatic heterocycles. The highest BCUT2D eigenvalue weighted by molar-refractivity contribution is 8.05. The summed E-state index contributed by atoms with van der Waals surface area (Å²) in [6, 6.07) is 0.477. The molecule has 0 aromatic carbocycles.